The van der Waals surface area contributed by atoms with Crippen molar-refractivity contribution in [2.24, 2.45) is 17.6 Å². The highest BCUT2D eigenvalue weighted by Crippen LogP contribution is 2.19. The lowest BCUT2D eigenvalue weighted by molar-refractivity contribution is -0.147. The molecule has 12 heteroatoms. The number of nitrogens with one attached hydrogen (secondary N) is 4. The molecule has 0 fully saturated rings. The summed E-state index contributed by atoms with van der Waals surface area (Å²) in [5.74, 6) is -5.44. The summed E-state index contributed by atoms with van der Waals surface area (Å²) in [6.07, 6.45) is 1.48. The Morgan fingerprint density at radius 3 is 2.13 bits per heavy atom. The maximum atomic E-state index is 13.3. The number of H-pyrrole nitrogens is 1. The molecule has 8 N–H and O–H groups in total. The summed E-state index contributed by atoms with van der Waals surface area (Å²) in [6, 6.07) is 2.50. The number of nitrogens with two attached hydrogens (primary N) is 1. The maximum Gasteiger partial charge on any atom is 0.326 e. The highest BCUT2D eigenvalue weighted by atomic mass is 16.4. The molecule has 0 radical (unpaired) electrons. The van der Waals surface area contributed by atoms with Crippen molar-refractivity contribution >= 4 is 40.6 Å². The van der Waals surface area contributed by atoms with Crippen LogP contribution in [0, 0.1) is 11.8 Å². The van der Waals surface area contributed by atoms with Gasteiger partial charge in [0.25, 0.3) is 0 Å². The molecule has 0 aliphatic rings. The van der Waals surface area contributed by atoms with E-state index in [0.29, 0.717) is 12.0 Å². The van der Waals surface area contributed by atoms with Gasteiger partial charge in [-0.15, -0.1) is 0 Å². The molecule has 0 spiro atoms. The molecule has 1 heterocycles. The predicted molar refractivity (Wildman–Crippen MR) is 140 cm³/mol. The molecule has 12 nitrogen and oxygen atoms in total. The Labute approximate surface area is 220 Å². The smallest absolute Gasteiger partial charge is 0.326 e. The highest BCUT2D eigenvalue weighted by molar-refractivity contribution is 5.95. The molecule has 2 aromatic rings. The Kier molecular flexibility index (Phi) is 10.8. The lowest BCUT2D eigenvalue weighted by Gasteiger charge is -2.27. The zero-order valence-electron chi connectivity index (χ0n) is 22.0. The van der Waals surface area contributed by atoms with Gasteiger partial charge in [0, 0.05) is 23.5 Å². The van der Waals surface area contributed by atoms with Gasteiger partial charge in [-0.2, -0.15) is 0 Å². The first-order valence-electron chi connectivity index (χ1n) is 12.5. The Hall–Kier alpha value is -3.93. The zero-order valence-corrected chi connectivity index (χ0v) is 22.0. The van der Waals surface area contributed by atoms with Crippen molar-refractivity contribution in [1.29, 1.82) is 0 Å². The molecule has 5 unspecified atom stereocenters. The molecule has 3 amide bonds. The Bertz CT molecular complexity index is 1160. The molecule has 208 valence electrons. The van der Waals surface area contributed by atoms with E-state index in [1.807, 2.05) is 38.1 Å². The van der Waals surface area contributed by atoms with E-state index in [2.05, 4.69) is 20.9 Å². The molecule has 38 heavy (non-hydrogen) atoms. The summed E-state index contributed by atoms with van der Waals surface area (Å²) in [6.45, 7) is 7.17. The van der Waals surface area contributed by atoms with Gasteiger partial charge in [-0.1, -0.05) is 52.3 Å². The first-order chi connectivity index (χ1) is 17.8. The molecule has 0 bridgehead atoms. The molecular weight excluding hydrogens is 494 g/mol. The molecular formula is C26H37N5O7. The van der Waals surface area contributed by atoms with Crippen molar-refractivity contribution < 1.29 is 34.2 Å². The van der Waals surface area contributed by atoms with Crippen LogP contribution in [0.4, 0.5) is 0 Å². The first-order valence-corrected chi connectivity index (χ1v) is 12.5. The van der Waals surface area contributed by atoms with Gasteiger partial charge >= 0.3 is 11.9 Å². The van der Waals surface area contributed by atoms with Crippen LogP contribution in [0.15, 0.2) is 30.5 Å². The molecule has 0 aliphatic carbocycles. The summed E-state index contributed by atoms with van der Waals surface area (Å²) in [5.41, 5.74) is 7.50. The van der Waals surface area contributed by atoms with Gasteiger partial charge in [0.15, 0.2) is 0 Å². The normalized spacial score (nSPS) is 15.2. The number of amides is 3. The summed E-state index contributed by atoms with van der Waals surface area (Å²) in [4.78, 5) is 64.9. The van der Waals surface area contributed by atoms with Crippen LogP contribution in [-0.2, 0) is 30.4 Å². The fraction of sp³-hybridized carbons (Fsp3) is 0.500. The zero-order chi connectivity index (χ0) is 28.6. The maximum absolute atomic E-state index is 13.3. The lowest BCUT2D eigenvalue weighted by Crippen LogP contribution is -2.59. The van der Waals surface area contributed by atoms with Crippen LogP contribution in [0.2, 0.25) is 0 Å². The molecule has 0 aliphatic heterocycles. The van der Waals surface area contributed by atoms with Crippen molar-refractivity contribution in [3.8, 4) is 0 Å². The monoisotopic (exact) mass is 531 g/mol. The highest BCUT2D eigenvalue weighted by Gasteiger charge is 2.33. The van der Waals surface area contributed by atoms with Gasteiger partial charge in [0.2, 0.25) is 17.7 Å². The van der Waals surface area contributed by atoms with Gasteiger partial charge in [0.1, 0.15) is 18.1 Å². The molecule has 1 aromatic heterocycles. The van der Waals surface area contributed by atoms with Crippen LogP contribution >= 0.6 is 0 Å². The van der Waals surface area contributed by atoms with Crippen molar-refractivity contribution in [3.05, 3.63) is 36.0 Å². The Morgan fingerprint density at radius 2 is 1.55 bits per heavy atom. The second-order valence-electron chi connectivity index (χ2n) is 9.76. The number of hydrogen-bond acceptors (Lipinski definition) is 6. The molecule has 5 atom stereocenters. The van der Waals surface area contributed by atoms with Crippen LogP contribution in [-0.4, -0.2) is 69.0 Å². The van der Waals surface area contributed by atoms with Crippen LogP contribution in [0.1, 0.15) is 46.1 Å². The topological polar surface area (TPSA) is 204 Å². The number of hydrogen-bond donors (Lipinski definition) is 7. The Balaban J connectivity index is 2.32. The quantitative estimate of drug-likeness (QED) is 0.185. The van der Waals surface area contributed by atoms with E-state index in [9.17, 15) is 29.1 Å². The van der Waals surface area contributed by atoms with Crippen molar-refractivity contribution in [2.45, 2.75) is 71.1 Å². The van der Waals surface area contributed by atoms with Gasteiger partial charge in [-0.05, 0) is 23.5 Å². The summed E-state index contributed by atoms with van der Waals surface area (Å²) in [5, 5.41) is 26.7. The number of aromatic amines is 1. The fourth-order valence-electron chi connectivity index (χ4n) is 3.93. The number of para-hydroxylation sites is 1. The van der Waals surface area contributed by atoms with Crippen LogP contribution in [0.25, 0.3) is 10.9 Å². The SMILES string of the molecule is CCC(C)C(N)C(=O)NC(C(=O)NC(Cc1c[nH]c2ccccc12)C(=O)NC(CC(=O)O)C(=O)O)C(C)C. The summed E-state index contributed by atoms with van der Waals surface area (Å²) in [7, 11) is 0. The average Bonchev–Trinajstić information content (AvgIpc) is 3.27. The lowest BCUT2D eigenvalue weighted by atomic mass is 9.97. The minimum atomic E-state index is -1.70. The fourth-order valence-corrected chi connectivity index (χ4v) is 3.93. The van der Waals surface area contributed by atoms with Gasteiger partial charge in [0.05, 0.1) is 12.5 Å². The van der Waals surface area contributed by atoms with E-state index in [1.54, 1.807) is 20.0 Å². The minimum absolute atomic E-state index is 0.0217. The van der Waals surface area contributed by atoms with Crippen LogP contribution in [0.5, 0.6) is 0 Å². The second-order valence-corrected chi connectivity index (χ2v) is 9.76. The second kappa shape index (κ2) is 13.6. The standard InChI is InChI=1S/C26H37N5O7/c1-5-14(4)21(27)24(35)31-22(13(2)3)25(36)29-18(23(34)30-19(26(37)38)11-20(32)33)10-15-12-28-17-9-7-6-8-16(15)17/h6-9,12-14,18-19,21-22,28H,5,10-11,27H2,1-4H3,(H,29,36)(H,30,34)(H,31,35)(H,32,33)(H,37,38). The van der Waals surface area contributed by atoms with E-state index < -0.39 is 60.2 Å². The number of rotatable bonds is 14. The van der Waals surface area contributed by atoms with E-state index >= 15 is 0 Å². The number of carboxylic acids is 2. The number of carboxylic acid groups (broad SMARTS) is 2. The number of benzene rings is 1. The van der Waals surface area contributed by atoms with Gasteiger partial charge < -0.3 is 36.9 Å². The number of aliphatic carboxylic acids is 2. The number of carbonyl (C=O) groups is 5. The minimum Gasteiger partial charge on any atom is -0.481 e. The summed E-state index contributed by atoms with van der Waals surface area (Å²) >= 11 is 0. The third kappa shape index (κ3) is 8.04. The summed E-state index contributed by atoms with van der Waals surface area (Å²) < 4.78 is 0. The molecule has 0 saturated heterocycles. The number of aromatic nitrogens is 1. The number of fused-ring (bicyclic) bond motifs is 1. The van der Waals surface area contributed by atoms with E-state index in [4.69, 9.17) is 10.8 Å². The van der Waals surface area contributed by atoms with Crippen molar-refractivity contribution in [2.75, 3.05) is 0 Å². The average molecular weight is 532 g/mol. The van der Waals surface area contributed by atoms with E-state index in [1.165, 1.54) is 0 Å². The van der Waals surface area contributed by atoms with Crippen molar-refractivity contribution in [3.63, 3.8) is 0 Å². The van der Waals surface area contributed by atoms with Gasteiger partial charge in [-0.3, -0.25) is 19.2 Å². The van der Waals surface area contributed by atoms with Crippen molar-refractivity contribution in [1.82, 2.24) is 20.9 Å². The van der Waals surface area contributed by atoms with Gasteiger partial charge in [-0.25, -0.2) is 4.79 Å². The third-order valence-corrected chi connectivity index (χ3v) is 6.53. The van der Waals surface area contributed by atoms with Crippen LogP contribution < -0.4 is 21.7 Å². The number of carbonyl (C=O) groups excluding carboxylic acids is 3. The predicted octanol–water partition coefficient (Wildman–Crippen LogP) is 0.754. The largest absolute Gasteiger partial charge is 0.481 e. The molecule has 0 saturated carbocycles. The first kappa shape index (κ1) is 30.3. The van der Waals surface area contributed by atoms with Crippen LogP contribution in [0.3, 0.4) is 0 Å². The van der Waals surface area contributed by atoms with E-state index in [-0.39, 0.29) is 18.3 Å². The molecule has 2 rings (SSSR count). The Morgan fingerprint density at radius 1 is 0.921 bits per heavy atom. The third-order valence-electron chi connectivity index (χ3n) is 6.53. The molecule has 1 aromatic carbocycles. The van der Waals surface area contributed by atoms with E-state index in [0.717, 1.165) is 10.9 Å².